The van der Waals surface area contributed by atoms with Crippen molar-refractivity contribution in [2.45, 2.75) is 0 Å². The Morgan fingerprint density at radius 1 is 1.08 bits per heavy atom. The first kappa shape index (κ1) is 16.6. The highest BCUT2D eigenvalue weighted by Gasteiger charge is 2.13. The normalized spacial score (nSPS) is 10.4. The molecule has 0 saturated carbocycles. The fourth-order valence-electron chi connectivity index (χ4n) is 2.13. The molecule has 1 heterocycles. The molecule has 0 aliphatic heterocycles. The molecule has 0 fully saturated rings. The summed E-state index contributed by atoms with van der Waals surface area (Å²) in [5.74, 6) is -2.31. The number of phenolic OH excluding ortho intramolecular Hbond substituents is 3. The third kappa shape index (κ3) is 3.81. The summed E-state index contributed by atoms with van der Waals surface area (Å²) < 4.78 is 0. The number of hydrogen-bond acceptors (Lipinski definition) is 7. The highest BCUT2D eigenvalue weighted by atomic mass is 32.1. The van der Waals surface area contributed by atoms with E-state index in [1.54, 1.807) is 0 Å². The molecular formula is C17H15N3O4S. The summed E-state index contributed by atoms with van der Waals surface area (Å²) >= 11 is 1.41. The number of amides is 1. The molecule has 1 amide bonds. The quantitative estimate of drug-likeness (QED) is 0.354. The molecule has 3 aromatic rings. The molecule has 0 bridgehead atoms. The summed E-state index contributed by atoms with van der Waals surface area (Å²) in [5, 5.41) is 36.3. The van der Waals surface area contributed by atoms with Gasteiger partial charge < -0.3 is 26.0 Å². The number of carbonyl (C=O) groups is 1. The number of phenols is 3. The van der Waals surface area contributed by atoms with Crippen LogP contribution in [-0.4, -0.2) is 32.9 Å². The van der Waals surface area contributed by atoms with Gasteiger partial charge in [0.2, 0.25) is 0 Å². The van der Waals surface area contributed by atoms with Gasteiger partial charge in [-0.25, -0.2) is 4.98 Å². The lowest BCUT2D eigenvalue weighted by Gasteiger charge is -2.08. The van der Waals surface area contributed by atoms with Crippen LogP contribution in [0, 0.1) is 0 Å². The molecular weight excluding hydrogens is 342 g/mol. The van der Waals surface area contributed by atoms with E-state index in [1.165, 1.54) is 11.3 Å². The Bertz CT molecular complexity index is 873. The summed E-state index contributed by atoms with van der Waals surface area (Å²) in [4.78, 5) is 16.4. The fraction of sp³-hybridized carbons (Fsp3) is 0.0588. The van der Waals surface area contributed by atoms with Crippen molar-refractivity contribution in [2.24, 2.45) is 0 Å². The number of carbonyl (C=O) groups excluding carboxylic acids is 1. The van der Waals surface area contributed by atoms with Crippen molar-refractivity contribution in [1.29, 1.82) is 0 Å². The molecule has 128 valence electrons. The lowest BCUT2D eigenvalue weighted by atomic mass is 10.1. The van der Waals surface area contributed by atoms with E-state index in [0.29, 0.717) is 5.13 Å². The van der Waals surface area contributed by atoms with E-state index in [1.807, 2.05) is 35.7 Å². The number of aromatic hydroxyl groups is 3. The lowest BCUT2D eigenvalue weighted by Crippen LogP contribution is -2.28. The van der Waals surface area contributed by atoms with Crippen LogP contribution in [0.4, 0.5) is 5.13 Å². The van der Waals surface area contributed by atoms with Crippen LogP contribution in [0.2, 0.25) is 0 Å². The van der Waals surface area contributed by atoms with E-state index in [9.17, 15) is 20.1 Å². The molecule has 3 rings (SSSR count). The van der Waals surface area contributed by atoms with Crippen LogP contribution in [-0.2, 0) is 0 Å². The Hall–Kier alpha value is -3.26. The van der Waals surface area contributed by atoms with Gasteiger partial charge in [0.1, 0.15) is 0 Å². The van der Waals surface area contributed by atoms with E-state index < -0.39 is 23.2 Å². The van der Waals surface area contributed by atoms with E-state index in [-0.39, 0.29) is 12.2 Å². The Balaban J connectivity index is 1.58. The van der Waals surface area contributed by atoms with Gasteiger partial charge in [0.25, 0.3) is 5.91 Å². The standard InChI is InChI=1S/C17H15N3O4S/c21-13-6-11(7-14(22)15(13)23)16(24)18-9-19-17-20-12(8-25-17)10-4-2-1-3-5-10/h1-8,21-23H,9H2,(H,18,24)(H,19,20). The van der Waals surface area contributed by atoms with E-state index >= 15 is 0 Å². The molecule has 2 aromatic carbocycles. The Labute approximate surface area is 147 Å². The molecule has 1 aromatic heterocycles. The molecule has 5 N–H and O–H groups in total. The lowest BCUT2D eigenvalue weighted by molar-refractivity contribution is 0.0955. The maximum Gasteiger partial charge on any atom is 0.252 e. The van der Waals surface area contributed by atoms with Crippen LogP contribution in [0.5, 0.6) is 17.2 Å². The second-order valence-corrected chi connectivity index (χ2v) is 5.98. The highest BCUT2D eigenvalue weighted by Crippen LogP contribution is 2.35. The van der Waals surface area contributed by atoms with Crippen LogP contribution in [0.15, 0.2) is 47.8 Å². The second-order valence-electron chi connectivity index (χ2n) is 5.13. The van der Waals surface area contributed by atoms with Crippen LogP contribution < -0.4 is 10.6 Å². The third-order valence-electron chi connectivity index (χ3n) is 3.39. The number of benzene rings is 2. The summed E-state index contributed by atoms with van der Waals surface area (Å²) in [6.07, 6.45) is 0. The van der Waals surface area contributed by atoms with Gasteiger partial charge in [-0.15, -0.1) is 11.3 Å². The van der Waals surface area contributed by atoms with Gasteiger partial charge in [-0.05, 0) is 12.1 Å². The van der Waals surface area contributed by atoms with Gasteiger partial charge in [-0.3, -0.25) is 4.79 Å². The predicted molar refractivity (Wildman–Crippen MR) is 94.9 cm³/mol. The molecule has 7 nitrogen and oxygen atoms in total. The topological polar surface area (TPSA) is 115 Å². The summed E-state index contributed by atoms with van der Waals surface area (Å²) in [6, 6.07) is 11.9. The zero-order chi connectivity index (χ0) is 17.8. The summed E-state index contributed by atoms with van der Waals surface area (Å²) in [7, 11) is 0. The minimum absolute atomic E-state index is 0.0266. The number of aromatic nitrogens is 1. The van der Waals surface area contributed by atoms with Gasteiger partial charge in [0.05, 0.1) is 12.4 Å². The van der Waals surface area contributed by atoms with Gasteiger partial charge in [-0.1, -0.05) is 30.3 Å². The van der Waals surface area contributed by atoms with Crippen LogP contribution in [0.1, 0.15) is 10.4 Å². The minimum atomic E-state index is -0.661. The predicted octanol–water partition coefficient (Wildman–Crippen LogP) is 2.73. The monoisotopic (exact) mass is 357 g/mol. The molecule has 0 aliphatic rings. The van der Waals surface area contributed by atoms with E-state index in [2.05, 4.69) is 15.6 Å². The van der Waals surface area contributed by atoms with Crippen molar-refractivity contribution in [3.63, 3.8) is 0 Å². The molecule has 0 spiro atoms. The molecule has 0 radical (unpaired) electrons. The number of nitrogens with zero attached hydrogens (tertiary/aromatic N) is 1. The number of thiazole rings is 1. The molecule has 0 aliphatic carbocycles. The Kier molecular flexibility index (Phi) is 4.71. The minimum Gasteiger partial charge on any atom is -0.504 e. The first-order valence-corrected chi connectivity index (χ1v) is 8.20. The van der Waals surface area contributed by atoms with Gasteiger partial charge in [0, 0.05) is 16.5 Å². The SMILES string of the molecule is O=C(NCNc1nc(-c2ccccc2)cs1)c1cc(O)c(O)c(O)c1. The fourth-order valence-corrected chi connectivity index (χ4v) is 2.85. The zero-order valence-electron chi connectivity index (χ0n) is 12.9. The number of rotatable bonds is 5. The molecule has 25 heavy (non-hydrogen) atoms. The first-order chi connectivity index (χ1) is 12.0. The van der Waals surface area contributed by atoms with Crippen molar-refractivity contribution >= 4 is 22.4 Å². The van der Waals surface area contributed by atoms with Crippen molar-refractivity contribution < 1.29 is 20.1 Å². The van der Waals surface area contributed by atoms with Gasteiger partial charge in [-0.2, -0.15) is 0 Å². The van der Waals surface area contributed by atoms with E-state index in [0.717, 1.165) is 23.4 Å². The van der Waals surface area contributed by atoms with E-state index in [4.69, 9.17) is 0 Å². The average Bonchev–Trinajstić information content (AvgIpc) is 3.09. The van der Waals surface area contributed by atoms with Crippen LogP contribution in [0.25, 0.3) is 11.3 Å². The largest absolute Gasteiger partial charge is 0.504 e. The molecule has 0 saturated heterocycles. The smallest absolute Gasteiger partial charge is 0.252 e. The Morgan fingerprint density at radius 2 is 1.76 bits per heavy atom. The Morgan fingerprint density at radius 3 is 2.44 bits per heavy atom. The van der Waals surface area contributed by atoms with Crippen molar-refractivity contribution in [1.82, 2.24) is 10.3 Å². The molecule has 0 unspecified atom stereocenters. The second kappa shape index (κ2) is 7.10. The van der Waals surface area contributed by atoms with Gasteiger partial charge in [0.15, 0.2) is 22.4 Å². The number of anilines is 1. The number of nitrogens with one attached hydrogen (secondary N) is 2. The van der Waals surface area contributed by atoms with Gasteiger partial charge >= 0.3 is 0 Å². The maximum absolute atomic E-state index is 12.0. The zero-order valence-corrected chi connectivity index (χ0v) is 13.7. The summed E-state index contributed by atoms with van der Waals surface area (Å²) in [5.41, 5.74) is 1.87. The van der Waals surface area contributed by atoms with Crippen LogP contribution >= 0.6 is 11.3 Å². The molecule has 8 heteroatoms. The highest BCUT2D eigenvalue weighted by molar-refractivity contribution is 7.14. The van der Waals surface area contributed by atoms with Crippen molar-refractivity contribution in [3.8, 4) is 28.5 Å². The van der Waals surface area contributed by atoms with Crippen LogP contribution in [0.3, 0.4) is 0 Å². The maximum atomic E-state index is 12.0. The molecule has 0 atom stereocenters. The van der Waals surface area contributed by atoms with Crippen molar-refractivity contribution in [2.75, 3.05) is 12.0 Å². The number of hydrogen-bond donors (Lipinski definition) is 5. The first-order valence-electron chi connectivity index (χ1n) is 7.32. The summed E-state index contributed by atoms with van der Waals surface area (Å²) in [6.45, 7) is 0.114. The third-order valence-corrected chi connectivity index (χ3v) is 4.19. The van der Waals surface area contributed by atoms with Crippen molar-refractivity contribution in [3.05, 3.63) is 53.4 Å². The average molecular weight is 357 g/mol.